The van der Waals surface area contributed by atoms with Gasteiger partial charge in [-0.25, -0.2) is 0 Å². The van der Waals surface area contributed by atoms with Gasteiger partial charge in [-0.1, -0.05) is 23.8 Å². The van der Waals surface area contributed by atoms with Gasteiger partial charge in [0.2, 0.25) is 0 Å². The van der Waals surface area contributed by atoms with Crippen LogP contribution >= 0.6 is 0 Å². The smallest absolute Gasteiger partial charge is 0.512 e. The molecule has 21 heavy (non-hydrogen) atoms. The van der Waals surface area contributed by atoms with Gasteiger partial charge in [0.15, 0.2) is 0 Å². The molecule has 120 valence electrons. The molecule has 0 saturated carbocycles. The van der Waals surface area contributed by atoms with Crippen LogP contribution in [-0.2, 0) is 9.68 Å². The van der Waals surface area contributed by atoms with E-state index in [1.165, 1.54) is 0 Å². The molecular formula is C12H22BNO7. The Morgan fingerprint density at radius 2 is 1.43 bits per heavy atom. The molecule has 0 fully saturated rings. The van der Waals surface area contributed by atoms with Crippen molar-refractivity contribution >= 4 is 7.32 Å². The quantitative estimate of drug-likeness (QED) is 0.217. The van der Waals surface area contributed by atoms with Crippen molar-refractivity contribution in [3.63, 3.8) is 0 Å². The summed E-state index contributed by atoms with van der Waals surface area (Å²) in [7, 11) is -1.73. The van der Waals surface area contributed by atoms with Crippen molar-refractivity contribution in [2.45, 2.75) is 12.8 Å². The van der Waals surface area contributed by atoms with Crippen molar-refractivity contribution in [3.05, 3.63) is 30.3 Å². The summed E-state index contributed by atoms with van der Waals surface area (Å²) in [5, 5.41) is 33.3. The molecule has 1 aromatic rings. The van der Waals surface area contributed by atoms with E-state index in [-0.39, 0.29) is 13.2 Å². The molecule has 0 aliphatic rings. The van der Waals surface area contributed by atoms with Gasteiger partial charge in [0.05, 0.1) is 13.2 Å². The fraction of sp³-hybridized carbons (Fsp3) is 0.500. The van der Waals surface area contributed by atoms with Gasteiger partial charge in [-0.15, -0.1) is 0 Å². The Bertz CT molecular complexity index is 308. The highest BCUT2D eigenvalue weighted by Crippen LogP contribution is 2.07. The molecule has 5 N–H and O–H groups in total. The lowest BCUT2D eigenvalue weighted by Crippen LogP contribution is -2.20. The third kappa shape index (κ3) is 15.0. The van der Waals surface area contributed by atoms with Gasteiger partial charge in [0, 0.05) is 13.2 Å². The fourth-order valence-electron chi connectivity index (χ4n) is 1.02. The summed E-state index contributed by atoms with van der Waals surface area (Å²) in [6.07, 6.45) is 1.16. The molecule has 0 aliphatic carbocycles. The average molecular weight is 303 g/mol. The van der Waals surface area contributed by atoms with Crippen LogP contribution in [0.5, 0.6) is 5.75 Å². The first-order valence-corrected chi connectivity index (χ1v) is 6.48. The molecule has 9 heteroatoms. The summed E-state index contributed by atoms with van der Waals surface area (Å²) < 4.78 is 4.53. The van der Waals surface area contributed by atoms with Gasteiger partial charge in [-0.2, -0.15) is 0 Å². The minimum Gasteiger partial charge on any atom is -0.512 e. The van der Waals surface area contributed by atoms with Crippen molar-refractivity contribution in [1.82, 2.24) is 5.64 Å². The first kappa shape index (κ1) is 19.8. The minimum absolute atomic E-state index is 0.109. The van der Waals surface area contributed by atoms with E-state index in [2.05, 4.69) is 10.3 Å². The van der Waals surface area contributed by atoms with E-state index in [0.29, 0.717) is 31.8 Å². The second-order valence-corrected chi connectivity index (χ2v) is 3.69. The highest BCUT2D eigenvalue weighted by Gasteiger charge is 2.09. The molecule has 1 rings (SSSR count). The van der Waals surface area contributed by atoms with Gasteiger partial charge >= 0.3 is 7.32 Å². The third-order valence-corrected chi connectivity index (χ3v) is 1.91. The lowest BCUT2D eigenvalue weighted by Gasteiger charge is -2.03. The van der Waals surface area contributed by atoms with Crippen LogP contribution in [0.25, 0.3) is 0 Å². The molecule has 8 nitrogen and oxygen atoms in total. The van der Waals surface area contributed by atoms with Crippen molar-refractivity contribution < 1.29 is 34.6 Å². The van der Waals surface area contributed by atoms with Gasteiger partial charge in [-0.3, -0.25) is 9.68 Å². The monoisotopic (exact) mass is 303 g/mol. The lowest BCUT2D eigenvalue weighted by atomic mass is 10.2. The van der Waals surface area contributed by atoms with E-state index in [1.807, 2.05) is 6.07 Å². The molecule has 0 aliphatic heterocycles. The molecule has 0 unspecified atom stereocenters. The number of para-hydroxylation sites is 1. The third-order valence-electron chi connectivity index (χ3n) is 1.91. The maximum Gasteiger partial charge on any atom is 0.707 e. The maximum atomic E-state index is 8.34. The number of hydrogen-bond acceptors (Lipinski definition) is 8. The highest BCUT2D eigenvalue weighted by molar-refractivity contribution is 6.33. The fourth-order valence-corrected chi connectivity index (χ4v) is 1.02. The molecule has 0 radical (unpaired) electrons. The molecule has 0 heterocycles. The van der Waals surface area contributed by atoms with E-state index in [9.17, 15) is 0 Å². The van der Waals surface area contributed by atoms with Crippen LogP contribution in [0.1, 0.15) is 12.8 Å². The van der Waals surface area contributed by atoms with Crippen molar-refractivity contribution in [2.24, 2.45) is 0 Å². The second-order valence-electron chi connectivity index (χ2n) is 3.69. The Hall–Kier alpha value is -1.20. The number of hydrogen-bond donors (Lipinski definition) is 5. The molecule has 0 aromatic heterocycles. The zero-order valence-electron chi connectivity index (χ0n) is 11.7. The summed E-state index contributed by atoms with van der Waals surface area (Å²) >= 11 is 0. The molecule has 0 amide bonds. The predicted molar refractivity (Wildman–Crippen MR) is 75.7 cm³/mol. The van der Waals surface area contributed by atoms with Crippen LogP contribution < -0.4 is 10.3 Å². The summed E-state index contributed by atoms with van der Waals surface area (Å²) in [5.41, 5.74) is 2.23. The zero-order chi connectivity index (χ0) is 15.8. The van der Waals surface area contributed by atoms with Gasteiger partial charge < -0.3 is 24.9 Å². The molecule has 0 saturated heterocycles. The Morgan fingerprint density at radius 3 is 1.86 bits per heavy atom. The Labute approximate surface area is 124 Å². The van der Waals surface area contributed by atoms with Crippen LogP contribution in [0.15, 0.2) is 30.3 Å². The zero-order valence-corrected chi connectivity index (χ0v) is 11.7. The van der Waals surface area contributed by atoms with Gasteiger partial charge in [0.1, 0.15) is 5.75 Å². The van der Waals surface area contributed by atoms with E-state index < -0.39 is 7.32 Å². The summed E-state index contributed by atoms with van der Waals surface area (Å²) in [5.74, 6) is 0.442. The first-order chi connectivity index (χ1) is 10.2. The van der Waals surface area contributed by atoms with E-state index in [4.69, 9.17) is 29.9 Å². The van der Waals surface area contributed by atoms with Gasteiger partial charge in [-0.05, 0) is 25.0 Å². The highest BCUT2D eigenvalue weighted by atomic mass is 16.9. The number of rotatable bonds is 10. The topological polar surface area (TPSA) is 121 Å². The standard InChI is InChI=1S/C6H7BO3.C6H15NO4/c8-7(9)10-6-4-2-1-3-5-6;8-3-1-5-10-7-11-6-2-4-9/h1-5,8-9H;7-9H,1-6H2. The van der Waals surface area contributed by atoms with E-state index >= 15 is 0 Å². The predicted octanol–water partition coefficient (Wildman–Crippen LogP) is -0.761. The number of aliphatic hydroxyl groups is 2. The minimum atomic E-state index is -1.73. The van der Waals surface area contributed by atoms with E-state index in [1.54, 1.807) is 24.3 Å². The first-order valence-electron chi connectivity index (χ1n) is 6.48. The Morgan fingerprint density at radius 1 is 0.905 bits per heavy atom. The average Bonchev–Trinajstić information content (AvgIpc) is 2.47. The summed E-state index contributed by atoms with van der Waals surface area (Å²) in [6, 6.07) is 8.59. The van der Waals surface area contributed by atoms with E-state index in [0.717, 1.165) is 0 Å². The largest absolute Gasteiger partial charge is 0.707 e. The molecule has 0 atom stereocenters. The molecule has 0 spiro atoms. The Kier molecular flexibility index (Phi) is 14.3. The van der Waals surface area contributed by atoms with Crippen molar-refractivity contribution in [1.29, 1.82) is 0 Å². The summed E-state index contributed by atoms with van der Waals surface area (Å²) in [4.78, 5) is 9.41. The van der Waals surface area contributed by atoms with Gasteiger partial charge in [0.25, 0.3) is 0 Å². The Balaban J connectivity index is 0.000000382. The second kappa shape index (κ2) is 15.2. The lowest BCUT2D eigenvalue weighted by molar-refractivity contribution is -0.173. The molecular weight excluding hydrogens is 281 g/mol. The van der Waals surface area contributed by atoms with Crippen LogP contribution in [0, 0.1) is 0 Å². The molecule has 0 bridgehead atoms. The van der Waals surface area contributed by atoms with Crippen molar-refractivity contribution in [2.75, 3.05) is 26.4 Å². The van der Waals surface area contributed by atoms with Crippen LogP contribution in [0.2, 0.25) is 0 Å². The van der Waals surface area contributed by atoms with Crippen LogP contribution in [-0.4, -0.2) is 54.0 Å². The maximum absolute atomic E-state index is 8.34. The van der Waals surface area contributed by atoms with Crippen molar-refractivity contribution in [3.8, 4) is 5.75 Å². The molecule has 1 aromatic carbocycles. The van der Waals surface area contributed by atoms with Crippen LogP contribution in [0.3, 0.4) is 0 Å². The normalized spacial score (nSPS) is 9.71. The number of benzene rings is 1. The van der Waals surface area contributed by atoms with Crippen LogP contribution in [0.4, 0.5) is 0 Å². The number of aliphatic hydroxyl groups excluding tert-OH is 2. The summed E-state index contributed by atoms with van der Waals surface area (Å²) in [6.45, 7) is 1.04. The SMILES string of the molecule is OB(O)Oc1ccccc1.OCCCONOCCCO. The number of nitrogens with one attached hydrogen (secondary N) is 1.